The van der Waals surface area contributed by atoms with Crippen LogP contribution in [-0.4, -0.2) is 51.7 Å². The molecule has 0 saturated heterocycles. The third-order valence-corrected chi connectivity index (χ3v) is 6.31. The highest BCUT2D eigenvalue weighted by molar-refractivity contribution is 6.10. The first kappa shape index (κ1) is 26.1. The summed E-state index contributed by atoms with van der Waals surface area (Å²) in [6.45, 7) is 5.04. The number of carbonyl (C=O) groups excluding carboxylic acids is 2. The zero-order valence-corrected chi connectivity index (χ0v) is 21.9. The van der Waals surface area contributed by atoms with Crippen LogP contribution in [0.1, 0.15) is 39.0 Å². The van der Waals surface area contributed by atoms with E-state index in [2.05, 4.69) is 15.2 Å². The van der Waals surface area contributed by atoms with Crippen LogP contribution in [0.4, 0.5) is 5.69 Å². The van der Waals surface area contributed by atoms with Crippen molar-refractivity contribution >= 4 is 17.5 Å². The van der Waals surface area contributed by atoms with Gasteiger partial charge in [0.1, 0.15) is 13.2 Å². The molecule has 2 amide bonds. The lowest BCUT2D eigenvalue weighted by atomic mass is 10.1. The molecule has 0 spiro atoms. The van der Waals surface area contributed by atoms with Gasteiger partial charge in [0.15, 0.2) is 0 Å². The molecule has 1 aliphatic rings. The fourth-order valence-corrected chi connectivity index (χ4v) is 4.37. The van der Waals surface area contributed by atoms with Gasteiger partial charge in [-0.05, 0) is 30.2 Å². The van der Waals surface area contributed by atoms with E-state index in [4.69, 9.17) is 13.9 Å². The number of rotatable bonds is 9. The Labute approximate surface area is 226 Å². The summed E-state index contributed by atoms with van der Waals surface area (Å²) >= 11 is 0. The van der Waals surface area contributed by atoms with Gasteiger partial charge in [0.05, 0.1) is 31.0 Å². The average Bonchev–Trinajstić information content (AvgIpc) is 3.30. The molecule has 200 valence electrons. The summed E-state index contributed by atoms with van der Waals surface area (Å²) in [7, 11) is 0. The first-order valence-corrected chi connectivity index (χ1v) is 12.7. The quantitative estimate of drug-likeness (QED) is 0.302. The molecule has 39 heavy (non-hydrogen) atoms. The van der Waals surface area contributed by atoms with E-state index >= 15 is 0 Å². The number of para-hydroxylation sites is 1. The molecule has 4 aromatic rings. The van der Waals surface area contributed by atoms with Crippen molar-refractivity contribution in [3.63, 3.8) is 0 Å². The summed E-state index contributed by atoms with van der Waals surface area (Å²) in [4.78, 5) is 34.5. The molecular formula is C29H29N5O5. The Kier molecular flexibility index (Phi) is 7.93. The maximum atomic E-state index is 13.7. The van der Waals surface area contributed by atoms with Gasteiger partial charge in [-0.25, -0.2) is 4.98 Å². The highest BCUT2D eigenvalue weighted by atomic mass is 16.5. The highest BCUT2D eigenvalue weighted by Crippen LogP contribution is 2.28. The molecule has 5 rings (SSSR count). The van der Waals surface area contributed by atoms with Crippen LogP contribution < -0.4 is 9.64 Å². The number of amides is 2. The summed E-state index contributed by atoms with van der Waals surface area (Å²) in [6, 6.07) is 20.7. The number of fused-ring (bicyclic) bond motifs is 1. The van der Waals surface area contributed by atoms with Crippen molar-refractivity contribution in [2.45, 2.75) is 33.5 Å². The third-order valence-electron chi connectivity index (χ3n) is 6.31. The SMILES string of the molecule is Cc1nnc(CN2Cc3ccccc3N(C(=O)c3ccc(OCCOCc4ccccc4)nc3C)CC2=O)o1. The van der Waals surface area contributed by atoms with Crippen molar-refractivity contribution in [3.8, 4) is 5.88 Å². The molecule has 1 aliphatic heterocycles. The largest absolute Gasteiger partial charge is 0.475 e. The number of benzene rings is 2. The zero-order chi connectivity index (χ0) is 27.2. The number of nitrogens with zero attached hydrogens (tertiary/aromatic N) is 5. The second kappa shape index (κ2) is 11.9. The van der Waals surface area contributed by atoms with Gasteiger partial charge in [-0.1, -0.05) is 48.5 Å². The number of aryl methyl sites for hydroxylation is 2. The smallest absolute Gasteiger partial charge is 0.260 e. The fraction of sp³-hybridized carbons (Fsp3) is 0.276. The van der Waals surface area contributed by atoms with E-state index in [0.29, 0.717) is 61.0 Å². The molecular weight excluding hydrogens is 498 g/mol. The molecule has 2 aromatic carbocycles. The van der Waals surface area contributed by atoms with Crippen molar-refractivity contribution in [2.75, 3.05) is 24.7 Å². The van der Waals surface area contributed by atoms with Crippen LogP contribution in [0.15, 0.2) is 71.1 Å². The van der Waals surface area contributed by atoms with Gasteiger partial charge < -0.3 is 18.8 Å². The van der Waals surface area contributed by atoms with Gasteiger partial charge in [-0.15, -0.1) is 10.2 Å². The van der Waals surface area contributed by atoms with Crippen LogP contribution in [0.3, 0.4) is 0 Å². The second-order valence-electron chi connectivity index (χ2n) is 9.15. The van der Waals surface area contributed by atoms with Crippen LogP contribution >= 0.6 is 0 Å². The molecule has 10 heteroatoms. The van der Waals surface area contributed by atoms with Gasteiger partial charge in [-0.3, -0.25) is 14.5 Å². The first-order valence-electron chi connectivity index (χ1n) is 12.7. The van der Waals surface area contributed by atoms with E-state index in [1.54, 1.807) is 30.9 Å². The van der Waals surface area contributed by atoms with E-state index in [0.717, 1.165) is 11.1 Å². The lowest BCUT2D eigenvalue weighted by molar-refractivity contribution is -0.131. The molecule has 0 atom stereocenters. The Hall–Kier alpha value is -4.57. The van der Waals surface area contributed by atoms with Crippen molar-refractivity contribution in [2.24, 2.45) is 0 Å². The van der Waals surface area contributed by atoms with Gasteiger partial charge in [-0.2, -0.15) is 0 Å². The van der Waals surface area contributed by atoms with Crippen molar-refractivity contribution < 1.29 is 23.5 Å². The Balaban J connectivity index is 1.25. The number of ether oxygens (including phenoxy) is 2. The van der Waals surface area contributed by atoms with Crippen LogP contribution in [0.5, 0.6) is 5.88 Å². The van der Waals surface area contributed by atoms with Gasteiger partial charge in [0, 0.05) is 25.2 Å². The minimum absolute atomic E-state index is 0.126. The molecule has 0 unspecified atom stereocenters. The Morgan fingerprint density at radius 3 is 2.51 bits per heavy atom. The molecule has 2 aromatic heterocycles. The summed E-state index contributed by atoms with van der Waals surface area (Å²) in [5.41, 5.74) is 3.52. The van der Waals surface area contributed by atoms with Crippen LogP contribution in [-0.2, 0) is 29.2 Å². The molecule has 3 heterocycles. The molecule has 0 fully saturated rings. The predicted octanol–water partition coefficient (Wildman–Crippen LogP) is 3.87. The Morgan fingerprint density at radius 1 is 0.949 bits per heavy atom. The van der Waals surface area contributed by atoms with E-state index in [9.17, 15) is 9.59 Å². The van der Waals surface area contributed by atoms with Crippen molar-refractivity contribution in [1.82, 2.24) is 20.1 Å². The summed E-state index contributed by atoms with van der Waals surface area (Å²) < 4.78 is 16.9. The van der Waals surface area contributed by atoms with Gasteiger partial charge in [0.2, 0.25) is 23.6 Å². The predicted molar refractivity (Wildman–Crippen MR) is 142 cm³/mol. The second-order valence-corrected chi connectivity index (χ2v) is 9.15. The lowest BCUT2D eigenvalue weighted by Gasteiger charge is -2.23. The maximum Gasteiger partial charge on any atom is 0.260 e. The molecule has 0 radical (unpaired) electrons. The normalized spacial score (nSPS) is 13.2. The number of carbonyl (C=O) groups is 2. The first-order chi connectivity index (χ1) is 19.0. The fourth-order valence-electron chi connectivity index (χ4n) is 4.37. The van der Waals surface area contributed by atoms with Crippen molar-refractivity contribution in [3.05, 3.63) is 101 Å². The monoisotopic (exact) mass is 527 g/mol. The minimum Gasteiger partial charge on any atom is -0.475 e. The van der Waals surface area contributed by atoms with Gasteiger partial charge >= 0.3 is 0 Å². The van der Waals surface area contributed by atoms with Crippen LogP contribution in [0, 0.1) is 13.8 Å². The van der Waals surface area contributed by atoms with E-state index in [1.807, 2.05) is 54.6 Å². The number of pyridine rings is 1. The lowest BCUT2D eigenvalue weighted by Crippen LogP contribution is -2.40. The molecule has 0 N–H and O–H groups in total. The molecule has 0 saturated carbocycles. The Morgan fingerprint density at radius 2 is 1.74 bits per heavy atom. The Bertz CT molecular complexity index is 1460. The van der Waals surface area contributed by atoms with Crippen molar-refractivity contribution in [1.29, 1.82) is 0 Å². The molecule has 10 nitrogen and oxygen atoms in total. The zero-order valence-electron chi connectivity index (χ0n) is 21.9. The molecule has 0 bridgehead atoms. The van der Waals surface area contributed by atoms with Crippen LogP contribution in [0.25, 0.3) is 0 Å². The van der Waals surface area contributed by atoms with E-state index < -0.39 is 0 Å². The summed E-state index contributed by atoms with van der Waals surface area (Å²) in [5, 5.41) is 7.85. The topological polar surface area (TPSA) is 111 Å². The maximum absolute atomic E-state index is 13.7. The average molecular weight is 528 g/mol. The number of aromatic nitrogens is 3. The minimum atomic E-state index is -0.311. The number of hydrogen-bond acceptors (Lipinski definition) is 8. The highest BCUT2D eigenvalue weighted by Gasteiger charge is 2.31. The van der Waals surface area contributed by atoms with E-state index in [1.165, 1.54) is 4.90 Å². The van der Waals surface area contributed by atoms with Gasteiger partial charge in [0.25, 0.3) is 5.91 Å². The third kappa shape index (κ3) is 6.29. The van der Waals surface area contributed by atoms with E-state index in [-0.39, 0.29) is 24.9 Å². The standard InChI is InChI=1S/C29H29N5O5/c1-20-24(12-13-26(30-20)38-15-14-37-19-22-8-4-3-5-9-22)29(36)34-18-28(35)33(17-27-32-31-21(2)39-27)16-23-10-6-7-11-25(23)34/h3-13H,14-19H2,1-2H3. The molecule has 0 aliphatic carbocycles. The summed E-state index contributed by atoms with van der Waals surface area (Å²) in [6.07, 6.45) is 0. The summed E-state index contributed by atoms with van der Waals surface area (Å²) in [5.74, 6) is 0.644. The number of hydrogen-bond donors (Lipinski definition) is 0. The number of anilines is 1. The van der Waals surface area contributed by atoms with Crippen LogP contribution in [0.2, 0.25) is 0 Å².